The minimum absolute atomic E-state index is 0.00112. The number of hydrogen-bond donors (Lipinski definition) is 1. The third-order valence-electron chi connectivity index (χ3n) is 3.67. The maximum atomic E-state index is 12.2. The molecular weight excluding hydrogens is 254 g/mol. The highest BCUT2D eigenvalue weighted by Crippen LogP contribution is 2.37. The summed E-state index contributed by atoms with van der Waals surface area (Å²) in [6.07, 6.45) is 2.13. The number of carbonyl (C=O) groups is 1. The van der Waals surface area contributed by atoms with Crippen LogP contribution in [0.25, 0.3) is 0 Å². The molecule has 0 saturated heterocycles. The summed E-state index contributed by atoms with van der Waals surface area (Å²) >= 11 is 0. The van der Waals surface area contributed by atoms with Crippen molar-refractivity contribution in [3.8, 4) is 0 Å². The second-order valence-corrected chi connectivity index (χ2v) is 8.14. The average molecular weight is 277 g/mol. The molecule has 18 heavy (non-hydrogen) atoms. The number of nitrogens with two attached hydrogens (primary N) is 1. The standard InChI is InChI=1S/C12H23NO4S/c1-12(2)6-4-9(13)10(8-12)18(15,16)7-5-11(14)17-3/h9-10H,4-8,13H2,1-3H3. The first-order chi connectivity index (χ1) is 8.18. The van der Waals surface area contributed by atoms with E-state index < -0.39 is 21.1 Å². The van der Waals surface area contributed by atoms with E-state index in [1.54, 1.807) is 0 Å². The number of ether oxygens (including phenoxy) is 1. The van der Waals surface area contributed by atoms with Gasteiger partial charge in [0, 0.05) is 6.04 Å². The lowest BCUT2D eigenvalue weighted by molar-refractivity contribution is -0.140. The van der Waals surface area contributed by atoms with Crippen molar-refractivity contribution in [3.05, 3.63) is 0 Å². The van der Waals surface area contributed by atoms with Crippen molar-refractivity contribution in [2.24, 2.45) is 11.1 Å². The topological polar surface area (TPSA) is 86.5 Å². The Labute approximate surface area is 109 Å². The van der Waals surface area contributed by atoms with Crippen LogP contribution in [0.1, 0.15) is 39.5 Å². The lowest BCUT2D eigenvalue weighted by Gasteiger charge is -2.38. The van der Waals surface area contributed by atoms with E-state index in [0.29, 0.717) is 6.42 Å². The summed E-state index contributed by atoms with van der Waals surface area (Å²) in [5, 5.41) is -0.536. The first kappa shape index (κ1) is 15.4. The third-order valence-corrected chi connectivity index (χ3v) is 5.88. The van der Waals surface area contributed by atoms with Gasteiger partial charge in [-0.1, -0.05) is 13.8 Å². The van der Waals surface area contributed by atoms with Crippen LogP contribution in [0.15, 0.2) is 0 Å². The zero-order valence-corrected chi connectivity index (χ0v) is 12.1. The highest BCUT2D eigenvalue weighted by molar-refractivity contribution is 7.92. The molecule has 0 aromatic heterocycles. The van der Waals surface area contributed by atoms with Gasteiger partial charge in [-0.05, 0) is 24.7 Å². The van der Waals surface area contributed by atoms with Crippen LogP contribution >= 0.6 is 0 Å². The molecule has 0 aromatic carbocycles. The summed E-state index contributed by atoms with van der Waals surface area (Å²) in [5.41, 5.74) is 5.93. The van der Waals surface area contributed by atoms with Gasteiger partial charge in [-0.15, -0.1) is 0 Å². The molecule has 2 atom stereocenters. The molecule has 5 nitrogen and oxygen atoms in total. The van der Waals surface area contributed by atoms with Gasteiger partial charge in [-0.25, -0.2) is 8.42 Å². The maximum absolute atomic E-state index is 12.2. The lowest BCUT2D eigenvalue weighted by Crippen LogP contribution is -2.48. The predicted molar refractivity (Wildman–Crippen MR) is 69.8 cm³/mol. The Kier molecular flexibility index (Phi) is 4.78. The zero-order valence-electron chi connectivity index (χ0n) is 11.3. The summed E-state index contributed by atoms with van der Waals surface area (Å²) in [4.78, 5) is 11.0. The minimum atomic E-state index is -3.33. The highest BCUT2D eigenvalue weighted by Gasteiger charge is 2.40. The normalized spacial score (nSPS) is 27.8. The van der Waals surface area contributed by atoms with Crippen molar-refractivity contribution in [3.63, 3.8) is 0 Å². The van der Waals surface area contributed by atoms with Gasteiger partial charge < -0.3 is 10.5 Å². The van der Waals surface area contributed by atoms with E-state index in [1.807, 2.05) is 0 Å². The van der Waals surface area contributed by atoms with Crippen LogP contribution in [0.3, 0.4) is 0 Å². The molecule has 2 unspecified atom stereocenters. The molecule has 6 heteroatoms. The quantitative estimate of drug-likeness (QED) is 0.771. The van der Waals surface area contributed by atoms with Crippen LogP contribution in [0, 0.1) is 5.41 Å². The van der Waals surface area contributed by atoms with Gasteiger partial charge >= 0.3 is 5.97 Å². The molecule has 1 saturated carbocycles. The molecule has 0 aliphatic heterocycles. The van der Waals surface area contributed by atoms with Crippen molar-refractivity contribution < 1.29 is 17.9 Å². The van der Waals surface area contributed by atoms with Crippen molar-refractivity contribution in [1.29, 1.82) is 0 Å². The van der Waals surface area contributed by atoms with Crippen molar-refractivity contribution >= 4 is 15.8 Å². The van der Waals surface area contributed by atoms with E-state index in [-0.39, 0.29) is 23.6 Å². The first-order valence-corrected chi connectivity index (χ1v) is 7.93. The number of hydrogen-bond acceptors (Lipinski definition) is 5. The Bertz CT molecular complexity index is 402. The van der Waals surface area contributed by atoms with E-state index in [0.717, 1.165) is 12.8 Å². The van der Waals surface area contributed by atoms with Gasteiger partial charge in [-0.2, -0.15) is 0 Å². The Balaban J connectivity index is 2.73. The van der Waals surface area contributed by atoms with Crippen LogP contribution in [-0.2, 0) is 19.4 Å². The summed E-state index contributed by atoms with van der Waals surface area (Å²) in [7, 11) is -2.08. The van der Waals surface area contributed by atoms with Gasteiger partial charge in [0.2, 0.25) is 0 Å². The predicted octanol–water partition coefficient (Wildman–Crippen LogP) is 0.870. The van der Waals surface area contributed by atoms with Gasteiger partial charge in [0.1, 0.15) is 0 Å². The largest absolute Gasteiger partial charge is 0.469 e. The number of esters is 1. The summed E-state index contributed by atoms with van der Waals surface area (Å²) in [6, 6.07) is -0.319. The Morgan fingerprint density at radius 2 is 2.06 bits per heavy atom. The third kappa shape index (κ3) is 3.95. The molecule has 2 N–H and O–H groups in total. The van der Waals surface area contributed by atoms with Crippen LogP contribution in [0.2, 0.25) is 0 Å². The molecule has 1 fully saturated rings. The van der Waals surface area contributed by atoms with E-state index in [2.05, 4.69) is 18.6 Å². The van der Waals surface area contributed by atoms with Gasteiger partial charge in [0.25, 0.3) is 0 Å². The molecule has 0 bridgehead atoms. The highest BCUT2D eigenvalue weighted by atomic mass is 32.2. The van der Waals surface area contributed by atoms with Crippen molar-refractivity contribution in [2.45, 2.75) is 50.8 Å². The molecule has 0 radical (unpaired) electrons. The minimum Gasteiger partial charge on any atom is -0.469 e. The smallest absolute Gasteiger partial charge is 0.306 e. The number of sulfone groups is 1. The van der Waals surface area contributed by atoms with Gasteiger partial charge in [-0.3, -0.25) is 4.79 Å². The summed E-state index contributed by atoms with van der Waals surface area (Å²) in [5.74, 6) is -0.670. The molecule has 0 amide bonds. The van der Waals surface area contributed by atoms with Crippen molar-refractivity contribution in [2.75, 3.05) is 12.9 Å². The van der Waals surface area contributed by atoms with E-state index >= 15 is 0 Å². The summed E-state index contributed by atoms with van der Waals surface area (Å²) < 4.78 is 28.9. The van der Waals surface area contributed by atoms with Gasteiger partial charge in [0.15, 0.2) is 9.84 Å². The zero-order chi connectivity index (χ0) is 14.0. The fourth-order valence-electron chi connectivity index (χ4n) is 2.41. The molecule has 1 aliphatic rings. The van der Waals surface area contributed by atoms with Crippen LogP contribution in [0.4, 0.5) is 0 Å². The SMILES string of the molecule is COC(=O)CCS(=O)(=O)C1CC(C)(C)CCC1N. The van der Waals surface area contributed by atoms with E-state index in [1.165, 1.54) is 7.11 Å². The number of carbonyl (C=O) groups excluding carboxylic acids is 1. The monoisotopic (exact) mass is 277 g/mol. The number of rotatable bonds is 4. The van der Waals surface area contributed by atoms with Crippen molar-refractivity contribution in [1.82, 2.24) is 0 Å². The van der Waals surface area contributed by atoms with E-state index in [4.69, 9.17) is 5.73 Å². The molecule has 1 rings (SSSR count). The maximum Gasteiger partial charge on any atom is 0.306 e. The Morgan fingerprint density at radius 1 is 1.44 bits per heavy atom. The van der Waals surface area contributed by atoms with Gasteiger partial charge in [0.05, 0.1) is 24.5 Å². The molecular formula is C12H23NO4S. The lowest BCUT2D eigenvalue weighted by atomic mass is 9.75. The molecule has 0 spiro atoms. The van der Waals surface area contributed by atoms with E-state index in [9.17, 15) is 13.2 Å². The molecule has 0 heterocycles. The molecule has 0 aromatic rings. The average Bonchev–Trinajstić information content (AvgIpc) is 2.29. The Hall–Kier alpha value is -0.620. The first-order valence-electron chi connectivity index (χ1n) is 6.22. The molecule has 106 valence electrons. The summed E-state index contributed by atoms with van der Waals surface area (Å²) in [6.45, 7) is 4.11. The van der Waals surface area contributed by atoms with Crippen LogP contribution < -0.4 is 5.73 Å². The fraction of sp³-hybridized carbons (Fsp3) is 0.917. The number of methoxy groups -OCH3 is 1. The van der Waals surface area contributed by atoms with Crippen LogP contribution in [0.5, 0.6) is 0 Å². The second kappa shape index (κ2) is 5.57. The molecule has 1 aliphatic carbocycles. The Morgan fingerprint density at radius 3 is 2.61 bits per heavy atom. The fourth-order valence-corrected chi connectivity index (χ4v) is 4.54. The second-order valence-electron chi connectivity index (χ2n) is 5.80. The van der Waals surface area contributed by atoms with Crippen LogP contribution in [-0.4, -0.2) is 38.5 Å².